The summed E-state index contributed by atoms with van der Waals surface area (Å²) in [6.45, 7) is 1.72. The fraction of sp³-hybridized carbons (Fsp3) is 0.250. The summed E-state index contributed by atoms with van der Waals surface area (Å²) in [5.74, 6) is 0.114. The summed E-state index contributed by atoms with van der Waals surface area (Å²) in [6, 6.07) is 11.8. The number of aromatic nitrogens is 1. The van der Waals surface area contributed by atoms with Crippen molar-refractivity contribution >= 4 is 23.4 Å². The van der Waals surface area contributed by atoms with Crippen LogP contribution in [0.25, 0.3) is 0 Å². The topological polar surface area (TPSA) is 53.4 Å². The zero-order valence-electron chi connectivity index (χ0n) is 11.4. The number of halogens is 1. The lowest BCUT2D eigenvalue weighted by Crippen LogP contribution is -2.21. The predicted molar refractivity (Wildman–Crippen MR) is 82.2 cm³/mol. The van der Waals surface area contributed by atoms with Gasteiger partial charge >= 0.3 is 5.97 Å². The van der Waals surface area contributed by atoms with Crippen LogP contribution in [0.4, 0.5) is 5.82 Å². The molecule has 1 aromatic heterocycles. The number of carbonyl (C=O) groups is 1. The van der Waals surface area contributed by atoms with Crippen molar-refractivity contribution < 1.29 is 9.90 Å². The van der Waals surface area contributed by atoms with E-state index in [4.69, 9.17) is 16.7 Å². The van der Waals surface area contributed by atoms with Gasteiger partial charge in [-0.15, -0.1) is 0 Å². The molecule has 0 bridgehead atoms. The van der Waals surface area contributed by atoms with E-state index >= 15 is 0 Å². The summed E-state index contributed by atoms with van der Waals surface area (Å²) >= 11 is 6.18. The van der Waals surface area contributed by atoms with E-state index < -0.39 is 5.97 Å². The molecule has 0 spiro atoms. The number of carboxylic acid groups (broad SMARTS) is 1. The lowest BCUT2D eigenvalue weighted by atomic mass is 9.99. The average molecular weight is 303 g/mol. The second kappa shape index (κ2) is 5.74. The van der Waals surface area contributed by atoms with E-state index in [0.29, 0.717) is 16.8 Å². The summed E-state index contributed by atoms with van der Waals surface area (Å²) in [7, 11) is 0. The van der Waals surface area contributed by atoms with Crippen molar-refractivity contribution in [1.82, 2.24) is 4.98 Å². The fourth-order valence-electron chi connectivity index (χ4n) is 2.73. The largest absolute Gasteiger partial charge is 0.478 e. The van der Waals surface area contributed by atoms with Gasteiger partial charge in [0.05, 0.1) is 10.6 Å². The first kappa shape index (κ1) is 13.9. The summed E-state index contributed by atoms with van der Waals surface area (Å²) in [6.07, 6.45) is 2.40. The van der Waals surface area contributed by atoms with Crippen molar-refractivity contribution in [1.29, 1.82) is 0 Å². The summed E-state index contributed by atoms with van der Waals surface area (Å²) in [5, 5.41) is 9.34. The van der Waals surface area contributed by atoms with Gasteiger partial charge < -0.3 is 10.0 Å². The van der Waals surface area contributed by atoms with Crippen LogP contribution in [0, 0.1) is 0 Å². The maximum Gasteiger partial charge on any atom is 0.337 e. The first-order chi connectivity index (χ1) is 10.1. The molecular weight excluding hydrogens is 288 g/mol. The first-order valence-electron chi connectivity index (χ1n) is 6.84. The monoisotopic (exact) mass is 302 g/mol. The quantitative estimate of drug-likeness (QED) is 0.944. The molecule has 108 valence electrons. The molecule has 1 fully saturated rings. The minimum Gasteiger partial charge on any atom is -0.478 e. The SMILES string of the molecule is O=C(O)c1cnc(N2CCC(c3ccccc3)C2)c(Cl)c1. The van der Waals surface area contributed by atoms with E-state index in [1.54, 1.807) is 0 Å². The van der Waals surface area contributed by atoms with Crippen molar-refractivity contribution in [3.63, 3.8) is 0 Å². The maximum absolute atomic E-state index is 10.9. The number of hydrogen-bond acceptors (Lipinski definition) is 3. The molecule has 1 saturated heterocycles. The van der Waals surface area contributed by atoms with Gasteiger partial charge in [-0.25, -0.2) is 9.78 Å². The average Bonchev–Trinajstić information content (AvgIpc) is 2.97. The molecule has 2 aromatic rings. The molecule has 1 aromatic carbocycles. The van der Waals surface area contributed by atoms with Gasteiger partial charge in [0.2, 0.25) is 0 Å². The van der Waals surface area contributed by atoms with Gasteiger partial charge in [0, 0.05) is 25.2 Å². The Kier molecular flexibility index (Phi) is 3.80. The molecule has 1 unspecified atom stereocenters. The lowest BCUT2D eigenvalue weighted by Gasteiger charge is -2.19. The Labute approximate surface area is 128 Å². The van der Waals surface area contributed by atoms with E-state index in [-0.39, 0.29) is 5.56 Å². The molecule has 3 rings (SSSR count). The first-order valence-corrected chi connectivity index (χ1v) is 7.21. The molecule has 2 heterocycles. The predicted octanol–water partition coefficient (Wildman–Crippen LogP) is 3.43. The highest BCUT2D eigenvalue weighted by Crippen LogP contribution is 2.33. The summed E-state index contributed by atoms with van der Waals surface area (Å²) in [5.41, 5.74) is 1.43. The smallest absolute Gasteiger partial charge is 0.337 e. The number of carboxylic acids is 1. The van der Waals surface area contributed by atoms with Gasteiger partial charge in [-0.1, -0.05) is 41.9 Å². The van der Waals surface area contributed by atoms with Crippen molar-refractivity contribution in [3.05, 3.63) is 58.7 Å². The molecule has 0 saturated carbocycles. The van der Waals surface area contributed by atoms with E-state index in [1.165, 1.54) is 17.8 Å². The molecule has 1 atom stereocenters. The van der Waals surface area contributed by atoms with Crippen LogP contribution >= 0.6 is 11.6 Å². The molecule has 4 nitrogen and oxygen atoms in total. The van der Waals surface area contributed by atoms with Gasteiger partial charge in [0.15, 0.2) is 0 Å². The molecule has 0 radical (unpaired) electrons. The Bertz CT molecular complexity index is 661. The lowest BCUT2D eigenvalue weighted by molar-refractivity contribution is 0.0696. The van der Waals surface area contributed by atoms with Gasteiger partial charge in [-0.2, -0.15) is 0 Å². The number of hydrogen-bond donors (Lipinski definition) is 1. The second-order valence-electron chi connectivity index (χ2n) is 5.18. The van der Waals surface area contributed by atoms with Crippen LogP contribution in [0.1, 0.15) is 28.3 Å². The molecule has 1 aliphatic rings. The van der Waals surface area contributed by atoms with Gasteiger partial charge in [0.1, 0.15) is 5.82 Å². The van der Waals surface area contributed by atoms with E-state index in [2.05, 4.69) is 22.0 Å². The number of aromatic carboxylic acids is 1. The molecular formula is C16H15ClN2O2. The molecule has 0 amide bonds. The van der Waals surface area contributed by atoms with Crippen molar-refractivity contribution in [2.24, 2.45) is 0 Å². The van der Waals surface area contributed by atoms with E-state index in [9.17, 15) is 4.79 Å². The Hall–Kier alpha value is -2.07. The van der Waals surface area contributed by atoms with E-state index in [1.807, 2.05) is 18.2 Å². The minimum atomic E-state index is -1.01. The Morgan fingerprint density at radius 2 is 2.10 bits per heavy atom. The van der Waals surface area contributed by atoms with Gasteiger partial charge in [-0.05, 0) is 18.1 Å². The highest BCUT2D eigenvalue weighted by atomic mass is 35.5. The minimum absolute atomic E-state index is 0.113. The van der Waals surface area contributed by atoms with Crippen molar-refractivity contribution in [3.8, 4) is 0 Å². The van der Waals surface area contributed by atoms with Crippen LogP contribution in [0.2, 0.25) is 5.02 Å². The fourth-order valence-corrected chi connectivity index (χ4v) is 3.02. The van der Waals surface area contributed by atoms with Crippen LogP contribution in [-0.2, 0) is 0 Å². The van der Waals surface area contributed by atoms with Crippen LogP contribution in [0.15, 0.2) is 42.6 Å². The summed E-state index contributed by atoms with van der Waals surface area (Å²) in [4.78, 5) is 17.2. The normalized spacial score (nSPS) is 18.0. The third kappa shape index (κ3) is 2.85. The number of anilines is 1. The molecule has 1 aliphatic heterocycles. The Morgan fingerprint density at radius 1 is 1.33 bits per heavy atom. The third-order valence-electron chi connectivity index (χ3n) is 3.83. The summed E-state index contributed by atoms with van der Waals surface area (Å²) < 4.78 is 0. The number of nitrogens with zero attached hydrogens (tertiary/aromatic N) is 2. The molecule has 21 heavy (non-hydrogen) atoms. The van der Waals surface area contributed by atoms with Crippen LogP contribution < -0.4 is 4.90 Å². The van der Waals surface area contributed by atoms with Crippen LogP contribution in [0.3, 0.4) is 0 Å². The Morgan fingerprint density at radius 3 is 2.76 bits per heavy atom. The second-order valence-corrected chi connectivity index (χ2v) is 5.58. The molecule has 5 heteroatoms. The highest BCUT2D eigenvalue weighted by Gasteiger charge is 2.26. The molecule has 0 aliphatic carbocycles. The number of rotatable bonds is 3. The van der Waals surface area contributed by atoms with Crippen LogP contribution in [0.5, 0.6) is 0 Å². The third-order valence-corrected chi connectivity index (χ3v) is 4.11. The number of pyridine rings is 1. The van der Waals surface area contributed by atoms with Gasteiger partial charge in [0.25, 0.3) is 0 Å². The number of benzene rings is 1. The standard InChI is InChI=1S/C16H15ClN2O2/c17-14-8-13(16(20)21)9-18-15(14)19-7-6-12(10-19)11-4-2-1-3-5-11/h1-5,8-9,12H,6-7,10H2,(H,20,21). The Balaban J connectivity index is 1.79. The zero-order chi connectivity index (χ0) is 14.8. The molecule has 1 N–H and O–H groups in total. The van der Waals surface area contributed by atoms with Crippen LogP contribution in [-0.4, -0.2) is 29.1 Å². The maximum atomic E-state index is 10.9. The van der Waals surface area contributed by atoms with E-state index in [0.717, 1.165) is 19.5 Å². The highest BCUT2D eigenvalue weighted by molar-refractivity contribution is 6.33. The van der Waals surface area contributed by atoms with Crippen molar-refractivity contribution in [2.75, 3.05) is 18.0 Å². The zero-order valence-corrected chi connectivity index (χ0v) is 12.1. The van der Waals surface area contributed by atoms with Gasteiger partial charge in [-0.3, -0.25) is 0 Å². The van der Waals surface area contributed by atoms with Crippen molar-refractivity contribution in [2.45, 2.75) is 12.3 Å².